The van der Waals surface area contributed by atoms with Gasteiger partial charge in [-0.1, -0.05) is 39.0 Å². The number of phenolic OH excluding ortho intramolecular Hbond substituents is 1. The van der Waals surface area contributed by atoms with Crippen LogP contribution in [0.25, 0.3) is 0 Å². The monoisotopic (exact) mass is 312 g/mol. The van der Waals surface area contributed by atoms with Gasteiger partial charge < -0.3 is 9.84 Å². The van der Waals surface area contributed by atoms with Crippen LogP contribution < -0.4 is 4.74 Å². The molecule has 2 rings (SSSR count). The topological polar surface area (TPSA) is 29.5 Å². The van der Waals surface area contributed by atoms with Crippen molar-refractivity contribution in [3.8, 4) is 11.5 Å². The molecule has 0 atom stereocenters. The van der Waals surface area contributed by atoms with Crippen LogP contribution in [0.5, 0.6) is 11.5 Å². The minimum Gasteiger partial charge on any atom is -0.508 e. The van der Waals surface area contributed by atoms with Crippen molar-refractivity contribution < 1.29 is 9.84 Å². The number of benzene rings is 2. The van der Waals surface area contributed by atoms with E-state index in [-0.39, 0.29) is 11.0 Å². The van der Waals surface area contributed by atoms with Crippen molar-refractivity contribution in [2.45, 2.75) is 59.0 Å². The van der Waals surface area contributed by atoms with E-state index in [2.05, 4.69) is 39.0 Å². The molecular formula is C21H28O2. The van der Waals surface area contributed by atoms with E-state index in [1.54, 1.807) is 0 Å². The largest absolute Gasteiger partial charge is 0.508 e. The molecule has 23 heavy (non-hydrogen) atoms. The minimum absolute atomic E-state index is 0.0257. The Morgan fingerprint density at radius 1 is 0.826 bits per heavy atom. The number of aromatic hydroxyl groups is 1. The van der Waals surface area contributed by atoms with Crippen LogP contribution in [0.2, 0.25) is 0 Å². The fraction of sp³-hybridized carbons (Fsp3) is 0.429. The molecule has 124 valence electrons. The predicted octanol–water partition coefficient (Wildman–Crippen LogP) is 5.46. The Hall–Kier alpha value is -1.96. The molecule has 0 bridgehead atoms. The van der Waals surface area contributed by atoms with E-state index in [0.29, 0.717) is 5.75 Å². The Labute approximate surface area is 140 Å². The van der Waals surface area contributed by atoms with Gasteiger partial charge in [0.1, 0.15) is 17.1 Å². The first-order chi connectivity index (χ1) is 10.5. The molecule has 2 heteroatoms. The van der Waals surface area contributed by atoms with Crippen LogP contribution >= 0.6 is 0 Å². The maximum absolute atomic E-state index is 9.99. The van der Waals surface area contributed by atoms with E-state index >= 15 is 0 Å². The summed E-state index contributed by atoms with van der Waals surface area (Å²) < 4.78 is 5.85. The van der Waals surface area contributed by atoms with Crippen molar-refractivity contribution in [2.24, 2.45) is 0 Å². The molecule has 0 fully saturated rings. The average molecular weight is 312 g/mol. The Bertz CT molecular complexity index is 656. The van der Waals surface area contributed by atoms with Crippen molar-refractivity contribution in [3.05, 3.63) is 59.2 Å². The predicted molar refractivity (Wildman–Crippen MR) is 96.4 cm³/mol. The molecule has 0 aliphatic heterocycles. The van der Waals surface area contributed by atoms with E-state index in [9.17, 15) is 5.11 Å². The lowest BCUT2D eigenvalue weighted by atomic mass is 9.85. The van der Waals surface area contributed by atoms with Crippen LogP contribution in [0.4, 0.5) is 0 Å². The van der Waals surface area contributed by atoms with E-state index in [0.717, 1.165) is 23.3 Å². The lowest BCUT2D eigenvalue weighted by Crippen LogP contribution is -2.22. The first-order valence-corrected chi connectivity index (χ1v) is 8.14. The summed E-state index contributed by atoms with van der Waals surface area (Å²) in [5.41, 5.74) is 3.32. The summed E-state index contributed by atoms with van der Waals surface area (Å²) in [6, 6.07) is 14.1. The normalized spacial score (nSPS) is 12.3. The van der Waals surface area contributed by atoms with E-state index in [1.165, 1.54) is 5.56 Å². The molecule has 2 aromatic rings. The lowest BCUT2D eigenvalue weighted by molar-refractivity contribution is 0.131. The summed E-state index contributed by atoms with van der Waals surface area (Å²) in [4.78, 5) is 0. The molecule has 0 aliphatic rings. The molecular weight excluding hydrogens is 284 g/mol. The third-order valence-electron chi connectivity index (χ3n) is 3.60. The van der Waals surface area contributed by atoms with E-state index < -0.39 is 0 Å². The lowest BCUT2D eigenvalue weighted by Gasteiger charge is -2.21. The molecule has 1 N–H and O–H groups in total. The van der Waals surface area contributed by atoms with Crippen LogP contribution in [-0.4, -0.2) is 10.7 Å². The van der Waals surface area contributed by atoms with Gasteiger partial charge in [-0.05, 0) is 73.6 Å². The summed E-state index contributed by atoms with van der Waals surface area (Å²) in [6.45, 7) is 12.6. The Morgan fingerprint density at radius 3 is 1.96 bits per heavy atom. The van der Waals surface area contributed by atoms with Crippen LogP contribution in [0, 0.1) is 0 Å². The molecule has 0 saturated heterocycles. The van der Waals surface area contributed by atoms with Crippen LogP contribution in [0.15, 0.2) is 42.5 Å². The maximum Gasteiger partial charge on any atom is 0.120 e. The highest BCUT2D eigenvalue weighted by Crippen LogP contribution is 2.28. The van der Waals surface area contributed by atoms with E-state index in [4.69, 9.17) is 4.74 Å². The molecule has 0 unspecified atom stereocenters. The minimum atomic E-state index is -0.186. The smallest absolute Gasteiger partial charge is 0.120 e. The van der Waals surface area contributed by atoms with Gasteiger partial charge in [0.15, 0.2) is 0 Å². The Balaban J connectivity index is 2.18. The molecule has 0 saturated carbocycles. The summed E-state index contributed by atoms with van der Waals surface area (Å²) >= 11 is 0. The second-order valence-electron chi connectivity index (χ2n) is 8.17. The second kappa shape index (κ2) is 6.27. The quantitative estimate of drug-likeness (QED) is 0.815. The van der Waals surface area contributed by atoms with E-state index in [1.807, 2.05) is 45.0 Å². The van der Waals surface area contributed by atoms with Crippen LogP contribution in [-0.2, 0) is 11.8 Å². The van der Waals surface area contributed by atoms with Gasteiger partial charge in [-0.15, -0.1) is 0 Å². The summed E-state index contributed by atoms with van der Waals surface area (Å²) in [6.07, 6.45) is 0.799. The molecule has 0 spiro atoms. The van der Waals surface area contributed by atoms with Crippen molar-refractivity contribution in [1.29, 1.82) is 0 Å². The molecule has 0 aromatic heterocycles. The zero-order valence-electron chi connectivity index (χ0n) is 15.1. The fourth-order valence-corrected chi connectivity index (χ4v) is 2.47. The molecule has 0 amide bonds. The summed E-state index contributed by atoms with van der Waals surface area (Å²) in [5.74, 6) is 1.22. The van der Waals surface area contributed by atoms with Gasteiger partial charge >= 0.3 is 0 Å². The molecule has 0 aliphatic carbocycles. The number of ether oxygens (including phenoxy) is 1. The van der Waals surface area contributed by atoms with Crippen LogP contribution in [0.3, 0.4) is 0 Å². The molecule has 0 radical (unpaired) electrons. The average Bonchev–Trinajstić information content (AvgIpc) is 2.38. The van der Waals surface area contributed by atoms with Crippen LogP contribution in [0.1, 0.15) is 58.2 Å². The van der Waals surface area contributed by atoms with Gasteiger partial charge in [-0.3, -0.25) is 0 Å². The second-order valence-corrected chi connectivity index (χ2v) is 8.17. The number of rotatable bonds is 3. The first-order valence-electron chi connectivity index (χ1n) is 8.14. The SMILES string of the molecule is CC(C)(C)Oc1ccc(Cc2cc(O)cc(C(C)(C)C)c2)cc1. The molecule has 2 nitrogen and oxygen atoms in total. The number of hydrogen-bond acceptors (Lipinski definition) is 2. The van der Waals surface area contributed by atoms with Gasteiger partial charge in [0.05, 0.1) is 0 Å². The number of hydrogen-bond donors (Lipinski definition) is 1. The van der Waals surface area contributed by atoms with Crippen molar-refractivity contribution in [1.82, 2.24) is 0 Å². The Morgan fingerprint density at radius 2 is 1.43 bits per heavy atom. The highest BCUT2D eigenvalue weighted by atomic mass is 16.5. The first kappa shape index (κ1) is 17.4. The molecule has 2 aromatic carbocycles. The molecule has 0 heterocycles. The zero-order valence-corrected chi connectivity index (χ0v) is 15.1. The van der Waals surface area contributed by atoms with Gasteiger partial charge in [-0.2, -0.15) is 0 Å². The standard InChI is InChI=1S/C21H28O2/c1-20(2,3)17-12-16(13-18(22)14-17)11-15-7-9-19(10-8-15)23-21(4,5)6/h7-10,12-14,22H,11H2,1-6H3. The fourth-order valence-electron chi connectivity index (χ4n) is 2.47. The van der Waals surface area contributed by atoms with Gasteiger partial charge in [0.25, 0.3) is 0 Å². The maximum atomic E-state index is 9.99. The highest BCUT2D eigenvalue weighted by Gasteiger charge is 2.15. The Kier molecular flexibility index (Phi) is 4.74. The van der Waals surface area contributed by atoms with Gasteiger partial charge in [0, 0.05) is 0 Å². The van der Waals surface area contributed by atoms with Gasteiger partial charge in [0.2, 0.25) is 0 Å². The van der Waals surface area contributed by atoms with Gasteiger partial charge in [-0.25, -0.2) is 0 Å². The third kappa shape index (κ3) is 5.31. The summed E-state index contributed by atoms with van der Waals surface area (Å²) in [5, 5.41) is 9.99. The zero-order chi connectivity index (χ0) is 17.3. The highest BCUT2D eigenvalue weighted by molar-refractivity contribution is 5.40. The van der Waals surface area contributed by atoms with Crippen molar-refractivity contribution in [2.75, 3.05) is 0 Å². The third-order valence-corrected chi connectivity index (χ3v) is 3.60. The van der Waals surface area contributed by atoms with Crippen molar-refractivity contribution in [3.63, 3.8) is 0 Å². The van der Waals surface area contributed by atoms with Crippen molar-refractivity contribution >= 4 is 0 Å². The number of phenols is 1. The summed E-state index contributed by atoms with van der Waals surface area (Å²) in [7, 11) is 0.